The lowest BCUT2D eigenvalue weighted by atomic mass is 9.90. The van der Waals surface area contributed by atoms with Gasteiger partial charge in [0.15, 0.2) is 0 Å². The van der Waals surface area contributed by atoms with Crippen LogP contribution in [-0.2, 0) is 9.63 Å². The van der Waals surface area contributed by atoms with E-state index in [0.717, 1.165) is 0 Å². The van der Waals surface area contributed by atoms with Gasteiger partial charge in [-0.1, -0.05) is 17.2 Å². The molecule has 1 aliphatic heterocycles. The van der Waals surface area contributed by atoms with Gasteiger partial charge in [-0.3, -0.25) is 9.59 Å². The van der Waals surface area contributed by atoms with Crippen molar-refractivity contribution in [1.82, 2.24) is 5.06 Å². The number of terminal acetylenes is 1. The third-order valence-electron chi connectivity index (χ3n) is 3.03. The van der Waals surface area contributed by atoms with E-state index in [2.05, 4.69) is 5.92 Å². The van der Waals surface area contributed by atoms with E-state index < -0.39 is 23.2 Å². The maximum atomic E-state index is 12.0. The van der Waals surface area contributed by atoms with Crippen LogP contribution >= 0.6 is 0 Å². The molecule has 0 saturated heterocycles. The predicted octanol–water partition coefficient (Wildman–Crippen LogP) is 1.79. The minimum absolute atomic E-state index is 0.148. The molecule has 0 saturated carbocycles. The Balaban J connectivity index is 2.22. The summed E-state index contributed by atoms with van der Waals surface area (Å²) in [6.45, 7) is 3.18. The molecule has 0 bridgehead atoms. The van der Waals surface area contributed by atoms with Crippen LogP contribution in [0.15, 0.2) is 24.3 Å². The molecule has 20 heavy (non-hydrogen) atoms. The highest BCUT2D eigenvalue weighted by Crippen LogP contribution is 2.27. The Hall–Kier alpha value is -2.61. The van der Waals surface area contributed by atoms with Gasteiger partial charge in [0, 0.05) is 6.42 Å². The molecule has 102 valence electrons. The molecule has 1 aromatic carbocycles. The molecule has 2 amide bonds. The van der Waals surface area contributed by atoms with Crippen LogP contribution in [0.3, 0.4) is 0 Å². The van der Waals surface area contributed by atoms with Gasteiger partial charge in [-0.2, -0.15) is 0 Å². The number of imide groups is 1. The van der Waals surface area contributed by atoms with E-state index in [1.165, 1.54) is 12.1 Å². The topological polar surface area (TPSA) is 63.7 Å². The Kier molecular flexibility index (Phi) is 3.33. The molecule has 0 aliphatic carbocycles. The molecular weight excluding hydrogens is 258 g/mol. The zero-order valence-corrected chi connectivity index (χ0v) is 11.2. The number of nitrogens with zero attached hydrogens (tertiary/aromatic N) is 1. The maximum Gasteiger partial charge on any atom is 0.339 e. The fourth-order valence-corrected chi connectivity index (χ4v) is 1.78. The number of rotatable bonds is 3. The maximum absolute atomic E-state index is 12.0. The number of carbonyl (C=O) groups excluding carboxylic acids is 3. The fraction of sp³-hybridized carbons (Fsp3) is 0.267. The lowest BCUT2D eigenvalue weighted by Gasteiger charge is -2.22. The van der Waals surface area contributed by atoms with Gasteiger partial charge < -0.3 is 4.84 Å². The van der Waals surface area contributed by atoms with Crippen molar-refractivity contribution >= 4 is 17.8 Å². The molecule has 5 nitrogen and oxygen atoms in total. The SMILES string of the molecule is C#CCC(C)(C)C(=O)ON1C(=O)c2ccccc2C1=O. The molecule has 1 aliphatic rings. The molecule has 1 heterocycles. The number of hydrogen-bond acceptors (Lipinski definition) is 4. The normalized spacial score (nSPS) is 13.9. The van der Waals surface area contributed by atoms with E-state index in [1.807, 2.05) is 0 Å². The van der Waals surface area contributed by atoms with Crippen LogP contribution in [0.1, 0.15) is 41.0 Å². The smallest absolute Gasteiger partial charge is 0.329 e. The van der Waals surface area contributed by atoms with E-state index in [4.69, 9.17) is 11.3 Å². The monoisotopic (exact) mass is 271 g/mol. The average molecular weight is 271 g/mol. The highest BCUT2D eigenvalue weighted by molar-refractivity contribution is 6.20. The van der Waals surface area contributed by atoms with Crippen LogP contribution in [0, 0.1) is 17.8 Å². The van der Waals surface area contributed by atoms with Crippen molar-refractivity contribution in [3.63, 3.8) is 0 Å². The van der Waals surface area contributed by atoms with E-state index in [1.54, 1.807) is 26.0 Å². The second kappa shape index (κ2) is 4.82. The second-order valence-electron chi connectivity index (χ2n) is 5.09. The van der Waals surface area contributed by atoms with E-state index in [-0.39, 0.29) is 17.5 Å². The van der Waals surface area contributed by atoms with Crippen molar-refractivity contribution in [2.45, 2.75) is 20.3 Å². The minimum atomic E-state index is -0.968. The van der Waals surface area contributed by atoms with E-state index in [0.29, 0.717) is 5.06 Å². The van der Waals surface area contributed by atoms with Crippen molar-refractivity contribution < 1.29 is 19.2 Å². The molecule has 0 fully saturated rings. The van der Waals surface area contributed by atoms with E-state index >= 15 is 0 Å². The average Bonchev–Trinajstić information content (AvgIpc) is 2.64. The first-order valence-corrected chi connectivity index (χ1v) is 6.02. The minimum Gasteiger partial charge on any atom is -0.329 e. The number of hydroxylamine groups is 2. The van der Waals surface area contributed by atoms with Gasteiger partial charge in [-0.15, -0.1) is 12.3 Å². The zero-order chi connectivity index (χ0) is 14.9. The molecular formula is C15H13NO4. The summed E-state index contributed by atoms with van der Waals surface area (Å²) in [5.41, 5.74) is -0.524. The molecule has 0 spiro atoms. The zero-order valence-electron chi connectivity index (χ0n) is 11.2. The third-order valence-corrected chi connectivity index (χ3v) is 3.03. The quantitative estimate of drug-likeness (QED) is 0.621. The van der Waals surface area contributed by atoms with Crippen molar-refractivity contribution in [3.05, 3.63) is 35.4 Å². The number of hydrogen-bond donors (Lipinski definition) is 0. The molecule has 1 aromatic rings. The van der Waals surface area contributed by atoms with Crippen LogP contribution < -0.4 is 0 Å². The van der Waals surface area contributed by atoms with Gasteiger partial charge in [0.05, 0.1) is 16.5 Å². The molecule has 0 N–H and O–H groups in total. The van der Waals surface area contributed by atoms with Gasteiger partial charge in [0.25, 0.3) is 11.8 Å². The third kappa shape index (κ3) is 2.16. The predicted molar refractivity (Wildman–Crippen MR) is 70.3 cm³/mol. The first-order valence-electron chi connectivity index (χ1n) is 6.02. The molecule has 0 unspecified atom stereocenters. The number of fused-ring (bicyclic) bond motifs is 1. The summed E-state index contributed by atoms with van der Waals surface area (Å²) in [6, 6.07) is 6.29. The highest BCUT2D eigenvalue weighted by Gasteiger charge is 2.41. The summed E-state index contributed by atoms with van der Waals surface area (Å²) in [7, 11) is 0. The Morgan fingerprint density at radius 3 is 2.20 bits per heavy atom. The molecule has 0 atom stereocenters. The van der Waals surface area contributed by atoms with Gasteiger partial charge in [-0.05, 0) is 26.0 Å². The van der Waals surface area contributed by atoms with Gasteiger partial charge >= 0.3 is 5.97 Å². The number of amides is 2. The van der Waals surface area contributed by atoms with Crippen LogP contribution in [0.25, 0.3) is 0 Å². The first kappa shape index (κ1) is 13.8. The van der Waals surface area contributed by atoms with Crippen LogP contribution in [0.5, 0.6) is 0 Å². The lowest BCUT2D eigenvalue weighted by Crippen LogP contribution is -2.38. The lowest BCUT2D eigenvalue weighted by molar-refractivity contribution is -0.179. The summed E-state index contributed by atoms with van der Waals surface area (Å²) < 4.78 is 0. The molecule has 0 radical (unpaired) electrons. The van der Waals surface area contributed by atoms with E-state index in [9.17, 15) is 14.4 Å². The summed E-state index contributed by atoms with van der Waals surface area (Å²) in [4.78, 5) is 41.0. The van der Waals surface area contributed by atoms with Crippen molar-refractivity contribution in [2.75, 3.05) is 0 Å². The van der Waals surface area contributed by atoms with Gasteiger partial charge in [0.2, 0.25) is 0 Å². The van der Waals surface area contributed by atoms with Crippen molar-refractivity contribution in [1.29, 1.82) is 0 Å². The molecule has 5 heteroatoms. The van der Waals surface area contributed by atoms with Crippen LogP contribution in [0.4, 0.5) is 0 Å². The first-order chi connectivity index (χ1) is 9.38. The summed E-state index contributed by atoms with van der Waals surface area (Å²) in [5, 5.41) is 0.491. The Labute approximate surface area is 116 Å². The second-order valence-corrected chi connectivity index (χ2v) is 5.09. The molecule has 0 aromatic heterocycles. The summed E-state index contributed by atoms with van der Waals surface area (Å²) in [5.74, 6) is 0.360. The van der Waals surface area contributed by atoms with Crippen LogP contribution in [0.2, 0.25) is 0 Å². The summed E-state index contributed by atoms with van der Waals surface area (Å²) in [6.07, 6.45) is 5.33. The number of carbonyl (C=O) groups is 3. The Bertz CT molecular complexity index is 605. The highest BCUT2D eigenvalue weighted by atomic mass is 16.7. The number of benzene rings is 1. The summed E-state index contributed by atoms with van der Waals surface area (Å²) >= 11 is 0. The van der Waals surface area contributed by atoms with Crippen molar-refractivity contribution in [3.8, 4) is 12.3 Å². The largest absolute Gasteiger partial charge is 0.339 e. The standard InChI is InChI=1S/C15H13NO4/c1-4-9-15(2,3)14(19)20-16-12(17)10-7-5-6-8-11(10)13(16)18/h1,5-8H,9H2,2-3H3. The molecule has 2 rings (SSSR count). The van der Waals surface area contributed by atoms with Gasteiger partial charge in [0.1, 0.15) is 0 Å². The van der Waals surface area contributed by atoms with Gasteiger partial charge in [-0.25, -0.2) is 4.79 Å². The fourth-order valence-electron chi connectivity index (χ4n) is 1.78. The Morgan fingerprint density at radius 1 is 1.25 bits per heavy atom. The Morgan fingerprint density at radius 2 is 1.75 bits per heavy atom. The van der Waals surface area contributed by atoms with Crippen molar-refractivity contribution in [2.24, 2.45) is 5.41 Å². The van der Waals surface area contributed by atoms with Crippen LogP contribution in [-0.4, -0.2) is 22.8 Å².